The highest BCUT2D eigenvalue weighted by Crippen LogP contribution is 2.38. The van der Waals surface area contributed by atoms with Gasteiger partial charge in [0, 0.05) is 0 Å². The molecular weight excluding hydrogens is 212 g/mol. The number of carbonyl (C=O) groups is 1. The number of fused-ring (bicyclic) bond motifs is 1. The molecule has 0 heterocycles. The number of hydrogen-bond acceptors (Lipinski definition) is 1. The summed E-state index contributed by atoms with van der Waals surface area (Å²) in [6.45, 7) is 8.44. The lowest BCUT2D eigenvalue weighted by atomic mass is 9.76. The van der Waals surface area contributed by atoms with E-state index in [1.165, 1.54) is 27.8 Å². The zero-order chi connectivity index (χ0) is 12.7. The van der Waals surface area contributed by atoms with Crippen molar-refractivity contribution in [2.45, 2.75) is 52.9 Å². The summed E-state index contributed by atoms with van der Waals surface area (Å²) >= 11 is 0. The van der Waals surface area contributed by atoms with E-state index in [0.29, 0.717) is 0 Å². The standard InChI is InChI=1S/C15H20O2/c1-8-9(2)11(4)14-12(10(8)3)6-5-7-13(14)15(16)17/h13H,5-7H2,1-4H3,(H,16,17). The van der Waals surface area contributed by atoms with E-state index >= 15 is 0 Å². The van der Waals surface area contributed by atoms with Crippen molar-refractivity contribution in [2.24, 2.45) is 0 Å². The summed E-state index contributed by atoms with van der Waals surface area (Å²) < 4.78 is 0. The van der Waals surface area contributed by atoms with Gasteiger partial charge in [0.15, 0.2) is 0 Å². The van der Waals surface area contributed by atoms with Gasteiger partial charge >= 0.3 is 5.97 Å². The third kappa shape index (κ3) is 1.76. The van der Waals surface area contributed by atoms with Gasteiger partial charge in [-0.25, -0.2) is 0 Å². The summed E-state index contributed by atoms with van der Waals surface area (Å²) in [4.78, 5) is 11.4. The summed E-state index contributed by atoms with van der Waals surface area (Å²) in [7, 11) is 0. The maximum Gasteiger partial charge on any atom is 0.310 e. The molecule has 0 saturated heterocycles. The van der Waals surface area contributed by atoms with Gasteiger partial charge in [-0.1, -0.05) is 0 Å². The van der Waals surface area contributed by atoms with E-state index in [0.717, 1.165) is 24.8 Å². The molecular formula is C15H20O2. The zero-order valence-corrected chi connectivity index (χ0v) is 11.1. The molecule has 0 aliphatic heterocycles. The molecule has 0 spiro atoms. The molecule has 0 radical (unpaired) electrons. The van der Waals surface area contributed by atoms with Gasteiger partial charge in [0.05, 0.1) is 5.92 Å². The topological polar surface area (TPSA) is 37.3 Å². The van der Waals surface area contributed by atoms with E-state index in [1.807, 2.05) is 0 Å². The fraction of sp³-hybridized carbons (Fsp3) is 0.533. The first kappa shape index (κ1) is 12.2. The van der Waals surface area contributed by atoms with Crippen molar-refractivity contribution in [2.75, 3.05) is 0 Å². The van der Waals surface area contributed by atoms with E-state index in [1.54, 1.807) is 0 Å². The van der Waals surface area contributed by atoms with Crippen LogP contribution < -0.4 is 0 Å². The van der Waals surface area contributed by atoms with Gasteiger partial charge in [0.25, 0.3) is 0 Å². The Hall–Kier alpha value is -1.31. The smallest absolute Gasteiger partial charge is 0.310 e. The van der Waals surface area contributed by atoms with Crippen molar-refractivity contribution in [1.82, 2.24) is 0 Å². The molecule has 2 heteroatoms. The largest absolute Gasteiger partial charge is 0.481 e. The first-order valence-corrected chi connectivity index (χ1v) is 6.27. The van der Waals surface area contributed by atoms with E-state index in [9.17, 15) is 9.90 Å². The molecule has 0 fully saturated rings. The van der Waals surface area contributed by atoms with Crippen LogP contribution in [0.3, 0.4) is 0 Å². The molecule has 1 aromatic rings. The fourth-order valence-corrected chi connectivity index (χ4v) is 3.09. The van der Waals surface area contributed by atoms with Gasteiger partial charge in [0.2, 0.25) is 0 Å². The highest BCUT2D eigenvalue weighted by molar-refractivity contribution is 5.78. The molecule has 1 atom stereocenters. The van der Waals surface area contributed by atoms with Crippen molar-refractivity contribution in [3.63, 3.8) is 0 Å². The van der Waals surface area contributed by atoms with E-state index in [4.69, 9.17) is 0 Å². The Kier molecular flexibility index (Phi) is 2.98. The van der Waals surface area contributed by atoms with Crippen LogP contribution in [-0.4, -0.2) is 11.1 Å². The van der Waals surface area contributed by atoms with Gasteiger partial charge in [0.1, 0.15) is 0 Å². The number of aliphatic carboxylic acids is 1. The van der Waals surface area contributed by atoms with E-state index in [-0.39, 0.29) is 5.92 Å². The molecule has 1 unspecified atom stereocenters. The summed E-state index contributed by atoms with van der Waals surface area (Å²) in [6.07, 6.45) is 2.81. The molecule has 1 aromatic carbocycles. The average molecular weight is 232 g/mol. The van der Waals surface area contributed by atoms with Crippen LogP contribution in [0.2, 0.25) is 0 Å². The van der Waals surface area contributed by atoms with Crippen molar-refractivity contribution in [3.8, 4) is 0 Å². The molecule has 92 valence electrons. The third-order valence-electron chi connectivity index (χ3n) is 4.44. The average Bonchev–Trinajstić information content (AvgIpc) is 2.32. The Labute approximate surface area is 103 Å². The van der Waals surface area contributed by atoms with Crippen LogP contribution in [0.15, 0.2) is 0 Å². The summed E-state index contributed by atoms with van der Waals surface area (Å²) in [6, 6.07) is 0. The second-order valence-corrected chi connectivity index (χ2v) is 5.18. The molecule has 1 aliphatic carbocycles. The molecule has 2 nitrogen and oxygen atoms in total. The van der Waals surface area contributed by atoms with Crippen LogP contribution in [-0.2, 0) is 11.2 Å². The fourth-order valence-electron chi connectivity index (χ4n) is 3.09. The summed E-state index contributed by atoms with van der Waals surface area (Å²) in [5, 5.41) is 9.36. The molecule has 0 bridgehead atoms. The molecule has 17 heavy (non-hydrogen) atoms. The third-order valence-corrected chi connectivity index (χ3v) is 4.44. The van der Waals surface area contributed by atoms with Crippen LogP contribution in [0, 0.1) is 27.7 Å². The number of carboxylic acid groups (broad SMARTS) is 1. The van der Waals surface area contributed by atoms with Gasteiger partial charge in [-0.3, -0.25) is 4.79 Å². The number of hydrogen-bond donors (Lipinski definition) is 1. The maximum atomic E-state index is 11.4. The molecule has 1 N–H and O–H groups in total. The van der Waals surface area contributed by atoms with Gasteiger partial charge in [-0.2, -0.15) is 0 Å². The second kappa shape index (κ2) is 4.17. The summed E-state index contributed by atoms with van der Waals surface area (Å²) in [5.41, 5.74) is 7.47. The number of carboxylic acids is 1. The Morgan fingerprint density at radius 2 is 1.65 bits per heavy atom. The molecule has 2 rings (SSSR count). The lowest BCUT2D eigenvalue weighted by molar-refractivity contribution is -0.139. The van der Waals surface area contributed by atoms with Crippen molar-refractivity contribution >= 4 is 5.97 Å². The van der Waals surface area contributed by atoms with Gasteiger partial charge in [-0.05, 0) is 80.3 Å². The Morgan fingerprint density at radius 1 is 1.06 bits per heavy atom. The van der Waals surface area contributed by atoms with Crippen molar-refractivity contribution in [1.29, 1.82) is 0 Å². The monoisotopic (exact) mass is 232 g/mol. The van der Waals surface area contributed by atoms with Crippen LogP contribution in [0.4, 0.5) is 0 Å². The number of rotatable bonds is 1. The SMILES string of the molecule is Cc1c(C)c(C)c2c(c1C)CCCC2C(=O)O. The maximum absolute atomic E-state index is 11.4. The minimum atomic E-state index is -0.670. The van der Waals surface area contributed by atoms with E-state index < -0.39 is 5.97 Å². The van der Waals surface area contributed by atoms with Crippen LogP contribution >= 0.6 is 0 Å². The van der Waals surface area contributed by atoms with Crippen molar-refractivity contribution < 1.29 is 9.90 Å². The first-order chi connectivity index (χ1) is 7.95. The molecule has 0 aromatic heterocycles. The van der Waals surface area contributed by atoms with Gasteiger partial charge in [-0.15, -0.1) is 0 Å². The summed E-state index contributed by atoms with van der Waals surface area (Å²) in [5.74, 6) is -0.964. The lowest BCUT2D eigenvalue weighted by Gasteiger charge is -2.28. The molecule has 0 amide bonds. The molecule has 0 saturated carbocycles. The minimum Gasteiger partial charge on any atom is -0.481 e. The van der Waals surface area contributed by atoms with Crippen molar-refractivity contribution in [3.05, 3.63) is 33.4 Å². The minimum absolute atomic E-state index is 0.295. The Morgan fingerprint density at radius 3 is 2.24 bits per heavy atom. The second-order valence-electron chi connectivity index (χ2n) is 5.18. The highest BCUT2D eigenvalue weighted by atomic mass is 16.4. The van der Waals surface area contributed by atoms with Crippen LogP contribution in [0.5, 0.6) is 0 Å². The van der Waals surface area contributed by atoms with Gasteiger partial charge < -0.3 is 5.11 Å². The lowest BCUT2D eigenvalue weighted by Crippen LogP contribution is -2.21. The highest BCUT2D eigenvalue weighted by Gasteiger charge is 2.30. The molecule has 1 aliphatic rings. The first-order valence-electron chi connectivity index (χ1n) is 6.27. The Bertz CT molecular complexity index is 486. The zero-order valence-electron chi connectivity index (χ0n) is 11.1. The quantitative estimate of drug-likeness (QED) is 0.805. The normalized spacial score (nSPS) is 18.9. The van der Waals surface area contributed by atoms with Crippen LogP contribution in [0.25, 0.3) is 0 Å². The predicted octanol–water partition coefficient (Wildman–Crippen LogP) is 3.42. The predicted molar refractivity (Wildman–Crippen MR) is 68.7 cm³/mol. The Balaban J connectivity index is 2.73. The van der Waals surface area contributed by atoms with E-state index in [2.05, 4.69) is 27.7 Å². The van der Waals surface area contributed by atoms with Crippen LogP contribution in [0.1, 0.15) is 52.1 Å². The number of benzene rings is 1.